The first kappa shape index (κ1) is 17.0. The highest BCUT2D eigenvalue weighted by Gasteiger charge is 2.11. The molecule has 0 fully saturated rings. The van der Waals surface area contributed by atoms with Crippen LogP contribution >= 0.6 is 0 Å². The van der Waals surface area contributed by atoms with E-state index >= 15 is 0 Å². The van der Waals surface area contributed by atoms with Gasteiger partial charge in [0.2, 0.25) is 11.2 Å². The topological polar surface area (TPSA) is 40.2 Å². The summed E-state index contributed by atoms with van der Waals surface area (Å²) in [7, 11) is 6.18. The van der Waals surface area contributed by atoms with Crippen molar-refractivity contribution in [2.45, 2.75) is 0 Å². The van der Waals surface area contributed by atoms with Crippen LogP contribution in [0.5, 0.6) is 5.75 Å². The van der Waals surface area contributed by atoms with Crippen molar-refractivity contribution in [2.75, 3.05) is 19.0 Å². The zero-order valence-electron chi connectivity index (χ0n) is 15.7. The van der Waals surface area contributed by atoms with Gasteiger partial charge in [0.25, 0.3) is 0 Å². The molecule has 0 spiro atoms. The minimum absolute atomic E-state index is 0.204. The zero-order chi connectivity index (χ0) is 19.0. The maximum Gasteiger partial charge on any atom is 0.212 e. The first-order chi connectivity index (χ1) is 13.0. The van der Waals surface area contributed by atoms with Crippen LogP contribution in [0.3, 0.4) is 0 Å². The Morgan fingerprint density at radius 1 is 1.00 bits per heavy atom. The van der Waals surface area contributed by atoms with E-state index in [-0.39, 0.29) is 5.75 Å². The SMILES string of the molecule is CN(C)c1ccc2c(ccc(C=Cc3ccc(O)c4ncccc34)[n+]2C)c1. The molecule has 4 rings (SSSR count). The average Bonchev–Trinajstić information content (AvgIpc) is 2.69. The second-order valence-electron chi connectivity index (χ2n) is 6.86. The van der Waals surface area contributed by atoms with Crippen LogP contribution in [0.2, 0.25) is 0 Å². The molecule has 0 aliphatic carbocycles. The summed E-state index contributed by atoms with van der Waals surface area (Å²) in [6.45, 7) is 0. The van der Waals surface area contributed by atoms with E-state index in [4.69, 9.17) is 0 Å². The smallest absolute Gasteiger partial charge is 0.212 e. The van der Waals surface area contributed by atoms with Gasteiger partial charge in [0.1, 0.15) is 18.3 Å². The summed E-state index contributed by atoms with van der Waals surface area (Å²) >= 11 is 0. The Hall–Kier alpha value is -3.40. The molecule has 0 aliphatic rings. The first-order valence-corrected chi connectivity index (χ1v) is 8.89. The monoisotopic (exact) mass is 356 g/mol. The number of aromatic nitrogens is 2. The van der Waals surface area contributed by atoms with E-state index in [0.717, 1.165) is 16.6 Å². The first-order valence-electron chi connectivity index (χ1n) is 8.89. The quantitative estimate of drug-likeness (QED) is 0.561. The molecule has 0 aliphatic heterocycles. The number of hydrogen-bond donors (Lipinski definition) is 1. The van der Waals surface area contributed by atoms with Crippen LogP contribution in [0.15, 0.2) is 60.8 Å². The van der Waals surface area contributed by atoms with Crippen molar-refractivity contribution in [3.05, 3.63) is 72.1 Å². The van der Waals surface area contributed by atoms with Gasteiger partial charge < -0.3 is 10.0 Å². The van der Waals surface area contributed by atoms with Crippen LogP contribution in [0.1, 0.15) is 11.3 Å². The highest BCUT2D eigenvalue weighted by Crippen LogP contribution is 2.26. The molecular weight excluding hydrogens is 334 g/mol. The van der Waals surface area contributed by atoms with Crippen LogP contribution in [-0.2, 0) is 7.05 Å². The van der Waals surface area contributed by atoms with Crippen molar-refractivity contribution < 1.29 is 9.67 Å². The largest absolute Gasteiger partial charge is 0.506 e. The van der Waals surface area contributed by atoms with E-state index in [9.17, 15) is 5.11 Å². The molecule has 134 valence electrons. The number of nitrogens with zero attached hydrogens (tertiary/aromatic N) is 3. The molecule has 0 atom stereocenters. The predicted molar refractivity (Wildman–Crippen MR) is 112 cm³/mol. The van der Waals surface area contributed by atoms with Gasteiger partial charge in [-0.05, 0) is 42.0 Å². The van der Waals surface area contributed by atoms with E-state index in [0.29, 0.717) is 5.52 Å². The number of hydrogen-bond acceptors (Lipinski definition) is 3. The van der Waals surface area contributed by atoms with Crippen molar-refractivity contribution in [2.24, 2.45) is 7.05 Å². The van der Waals surface area contributed by atoms with E-state index in [1.165, 1.54) is 16.6 Å². The van der Waals surface area contributed by atoms with Gasteiger partial charge in [-0.1, -0.05) is 12.1 Å². The standard InChI is InChI=1S/C23H21N3O/c1-25(2)19-11-12-21-17(15-19)7-10-18(26(21)3)9-6-16-8-13-22(27)23-20(16)5-4-14-24-23/h4-15H,1-3H3/p+1. The Labute approximate surface area is 158 Å². The molecule has 0 unspecified atom stereocenters. The zero-order valence-corrected chi connectivity index (χ0v) is 15.7. The van der Waals surface area contributed by atoms with Gasteiger partial charge in [-0.2, -0.15) is 4.57 Å². The fourth-order valence-corrected chi connectivity index (χ4v) is 3.35. The maximum atomic E-state index is 10.0. The number of rotatable bonds is 3. The lowest BCUT2D eigenvalue weighted by Gasteiger charge is -2.12. The molecule has 2 heterocycles. The van der Waals surface area contributed by atoms with Crippen molar-refractivity contribution in [1.29, 1.82) is 0 Å². The number of fused-ring (bicyclic) bond motifs is 2. The Morgan fingerprint density at radius 2 is 1.85 bits per heavy atom. The molecule has 4 aromatic rings. The molecule has 2 aromatic heterocycles. The van der Waals surface area contributed by atoms with E-state index < -0.39 is 0 Å². The fraction of sp³-hybridized carbons (Fsp3) is 0.130. The third-order valence-corrected chi connectivity index (χ3v) is 4.93. The molecule has 0 saturated heterocycles. The molecular formula is C23H22N3O+. The minimum Gasteiger partial charge on any atom is -0.506 e. The van der Waals surface area contributed by atoms with Crippen molar-refractivity contribution in [1.82, 2.24) is 4.98 Å². The van der Waals surface area contributed by atoms with Crippen molar-refractivity contribution >= 4 is 39.6 Å². The number of aryl methyl sites for hydroxylation is 1. The summed E-state index contributed by atoms with van der Waals surface area (Å²) in [5.41, 5.74) is 5.12. The van der Waals surface area contributed by atoms with Crippen LogP contribution in [-0.4, -0.2) is 24.2 Å². The third kappa shape index (κ3) is 3.10. The van der Waals surface area contributed by atoms with Gasteiger partial charge in [-0.3, -0.25) is 4.98 Å². The lowest BCUT2D eigenvalue weighted by atomic mass is 10.1. The molecule has 1 N–H and O–H groups in total. The summed E-state index contributed by atoms with van der Waals surface area (Å²) in [6.07, 6.45) is 5.86. The summed E-state index contributed by atoms with van der Waals surface area (Å²) in [5.74, 6) is 0.204. The predicted octanol–water partition coefficient (Wildman–Crippen LogP) is 4.15. The molecule has 0 saturated carbocycles. The van der Waals surface area contributed by atoms with Crippen molar-refractivity contribution in [3.63, 3.8) is 0 Å². The van der Waals surface area contributed by atoms with E-state index in [1.807, 2.05) is 18.2 Å². The van der Waals surface area contributed by atoms with Crippen LogP contribution in [0, 0.1) is 0 Å². The summed E-state index contributed by atoms with van der Waals surface area (Å²) in [6, 6.07) is 18.2. The molecule has 0 radical (unpaired) electrons. The Morgan fingerprint density at radius 3 is 2.67 bits per heavy atom. The molecule has 0 bridgehead atoms. The minimum atomic E-state index is 0.204. The van der Waals surface area contributed by atoms with Crippen LogP contribution in [0.25, 0.3) is 34.0 Å². The number of aromatic hydroxyl groups is 1. The van der Waals surface area contributed by atoms with Gasteiger partial charge in [0, 0.05) is 55.0 Å². The second-order valence-corrected chi connectivity index (χ2v) is 6.86. The average molecular weight is 356 g/mol. The summed E-state index contributed by atoms with van der Waals surface area (Å²) in [4.78, 5) is 6.39. The lowest BCUT2D eigenvalue weighted by Crippen LogP contribution is -2.32. The van der Waals surface area contributed by atoms with Crippen molar-refractivity contribution in [3.8, 4) is 5.75 Å². The van der Waals surface area contributed by atoms with E-state index in [2.05, 4.69) is 78.1 Å². The Kier molecular flexibility index (Phi) is 4.24. The summed E-state index contributed by atoms with van der Waals surface area (Å²) in [5, 5.41) is 12.2. The Balaban J connectivity index is 1.77. The lowest BCUT2D eigenvalue weighted by molar-refractivity contribution is -0.646. The molecule has 2 aromatic carbocycles. The van der Waals surface area contributed by atoms with E-state index in [1.54, 1.807) is 12.3 Å². The number of phenols is 1. The van der Waals surface area contributed by atoms with Crippen LogP contribution in [0.4, 0.5) is 5.69 Å². The third-order valence-electron chi connectivity index (χ3n) is 4.93. The van der Waals surface area contributed by atoms with Crippen LogP contribution < -0.4 is 9.47 Å². The Bertz CT molecular complexity index is 1180. The van der Waals surface area contributed by atoms with Gasteiger partial charge in [-0.15, -0.1) is 0 Å². The fourth-order valence-electron chi connectivity index (χ4n) is 3.35. The summed E-state index contributed by atoms with van der Waals surface area (Å²) < 4.78 is 2.19. The normalized spacial score (nSPS) is 11.5. The number of benzene rings is 2. The second kappa shape index (κ2) is 6.72. The highest BCUT2D eigenvalue weighted by molar-refractivity contribution is 5.93. The maximum absolute atomic E-state index is 10.0. The number of anilines is 1. The molecule has 0 amide bonds. The van der Waals surface area contributed by atoms with Gasteiger partial charge in [-0.25, -0.2) is 0 Å². The van der Waals surface area contributed by atoms with Gasteiger partial charge in [0.15, 0.2) is 0 Å². The molecule has 27 heavy (non-hydrogen) atoms. The molecule has 4 heteroatoms. The highest BCUT2D eigenvalue weighted by atomic mass is 16.3. The number of pyridine rings is 2. The molecule has 4 nitrogen and oxygen atoms in total. The number of phenolic OH excluding ortho intramolecular Hbond substituents is 1. The van der Waals surface area contributed by atoms with Gasteiger partial charge in [0.05, 0.1) is 0 Å². The van der Waals surface area contributed by atoms with Gasteiger partial charge >= 0.3 is 0 Å².